The third-order valence-electron chi connectivity index (χ3n) is 2.51. The maximum absolute atomic E-state index is 12.0. The third-order valence-corrected chi connectivity index (χ3v) is 3.06. The van der Waals surface area contributed by atoms with Gasteiger partial charge in [0.25, 0.3) is 5.91 Å². The van der Waals surface area contributed by atoms with E-state index in [0.29, 0.717) is 10.7 Å². The largest absolute Gasteiger partial charge is 0.477 e. The number of benzene rings is 1. The molecule has 0 aliphatic rings. The molecule has 0 fully saturated rings. The molecule has 6 nitrogen and oxygen atoms in total. The van der Waals surface area contributed by atoms with Crippen LogP contribution in [0.1, 0.15) is 21.0 Å². The number of nitrogens with one attached hydrogen (secondary N) is 1. The molecule has 0 unspecified atom stereocenters. The highest BCUT2D eigenvalue weighted by atomic mass is 35.5. The van der Waals surface area contributed by atoms with Crippen LogP contribution in [-0.2, 0) is 7.05 Å². The number of amides is 1. The SMILES string of the molecule is Cn1nc(C(=O)Nc2ccc(Cl)cc2Cl)cc1C(=O)O. The summed E-state index contributed by atoms with van der Waals surface area (Å²) < 4.78 is 1.11. The van der Waals surface area contributed by atoms with Crippen molar-refractivity contribution in [2.24, 2.45) is 7.05 Å². The predicted molar refractivity (Wildman–Crippen MR) is 74.6 cm³/mol. The first kappa shape index (κ1) is 14.4. The number of halogens is 2. The minimum atomic E-state index is -1.16. The molecule has 1 aromatic heterocycles. The van der Waals surface area contributed by atoms with Gasteiger partial charge in [-0.15, -0.1) is 0 Å². The van der Waals surface area contributed by atoms with Crippen LogP contribution in [0.3, 0.4) is 0 Å². The lowest BCUT2D eigenvalue weighted by Gasteiger charge is -2.05. The first-order valence-corrected chi connectivity index (χ1v) is 6.18. The van der Waals surface area contributed by atoms with E-state index in [2.05, 4.69) is 10.4 Å². The van der Waals surface area contributed by atoms with Gasteiger partial charge in [-0.3, -0.25) is 9.48 Å². The number of anilines is 1. The summed E-state index contributed by atoms with van der Waals surface area (Å²) in [6.45, 7) is 0. The van der Waals surface area contributed by atoms with Crippen molar-refractivity contribution < 1.29 is 14.7 Å². The van der Waals surface area contributed by atoms with Crippen LogP contribution in [0.5, 0.6) is 0 Å². The minimum Gasteiger partial charge on any atom is -0.477 e. The molecule has 0 atom stereocenters. The van der Waals surface area contributed by atoms with Crippen LogP contribution in [0.15, 0.2) is 24.3 Å². The average Bonchev–Trinajstić information content (AvgIpc) is 2.75. The first-order chi connectivity index (χ1) is 9.38. The number of nitrogens with zero attached hydrogens (tertiary/aromatic N) is 2. The van der Waals surface area contributed by atoms with Gasteiger partial charge in [0.1, 0.15) is 5.69 Å². The van der Waals surface area contributed by atoms with E-state index in [0.717, 1.165) is 4.68 Å². The van der Waals surface area contributed by atoms with Crippen molar-refractivity contribution >= 4 is 40.8 Å². The van der Waals surface area contributed by atoms with Crippen LogP contribution in [0.2, 0.25) is 10.0 Å². The van der Waals surface area contributed by atoms with Gasteiger partial charge in [-0.2, -0.15) is 5.10 Å². The normalized spacial score (nSPS) is 10.3. The van der Waals surface area contributed by atoms with E-state index >= 15 is 0 Å². The molecular weight excluding hydrogens is 305 g/mol. The van der Waals surface area contributed by atoms with Crippen molar-refractivity contribution in [3.8, 4) is 0 Å². The molecule has 1 heterocycles. The quantitative estimate of drug-likeness (QED) is 0.912. The number of carbonyl (C=O) groups is 2. The molecule has 0 saturated carbocycles. The van der Waals surface area contributed by atoms with Crippen molar-refractivity contribution in [3.63, 3.8) is 0 Å². The van der Waals surface area contributed by atoms with Crippen LogP contribution in [0.25, 0.3) is 0 Å². The van der Waals surface area contributed by atoms with E-state index in [1.54, 1.807) is 12.1 Å². The third kappa shape index (κ3) is 2.92. The smallest absolute Gasteiger partial charge is 0.354 e. The fraction of sp³-hybridized carbons (Fsp3) is 0.0833. The van der Waals surface area contributed by atoms with Crippen LogP contribution in [0, 0.1) is 0 Å². The number of aromatic carboxylic acids is 1. The molecule has 104 valence electrons. The fourth-order valence-electron chi connectivity index (χ4n) is 1.56. The van der Waals surface area contributed by atoms with Crippen LogP contribution in [-0.4, -0.2) is 26.8 Å². The molecule has 1 amide bonds. The molecule has 0 bridgehead atoms. The van der Waals surface area contributed by atoms with Gasteiger partial charge in [-0.25, -0.2) is 4.79 Å². The number of hydrogen-bond donors (Lipinski definition) is 2. The molecule has 0 spiro atoms. The highest BCUT2D eigenvalue weighted by Gasteiger charge is 2.17. The number of carboxylic acid groups (broad SMARTS) is 1. The standard InChI is InChI=1S/C12H9Cl2N3O3/c1-17-10(12(19)20)5-9(16-17)11(18)15-8-3-2-6(13)4-7(8)14/h2-5H,1H3,(H,15,18)(H,19,20). The lowest BCUT2D eigenvalue weighted by atomic mass is 10.3. The van der Waals surface area contributed by atoms with Gasteiger partial charge in [0.05, 0.1) is 10.7 Å². The molecule has 2 aromatic rings. The van der Waals surface area contributed by atoms with E-state index in [4.69, 9.17) is 28.3 Å². The Labute approximate surface area is 123 Å². The van der Waals surface area contributed by atoms with Crippen molar-refractivity contribution in [2.75, 3.05) is 5.32 Å². The van der Waals surface area contributed by atoms with Gasteiger partial charge in [-0.1, -0.05) is 23.2 Å². The van der Waals surface area contributed by atoms with E-state index in [1.807, 2.05) is 0 Å². The Bertz CT molecular complexity index is 697. The Morgan fingerprint density at radius 3 is 2.55 bits per heavy atom. The topological polar surface area (TPSA) is 84.2 Å². The van der Waals surface area contributed by atoms with Crippen molar-refractivity contribution in [1.29, 1.82) is 0 Å². The van der Waals surface area contributed by atoms with E-state index in [9.17, 15) is 9.59 Å². The Hall–Kier alpha value is -2.05. The first-order valence-electron chi connectivity index (χ1n) is 5.42. The highest BCUT2D eigenvalue weighted by molar-refractivity contribution is 6.36. The number of rotatable bonds is 3. The van der Waals surface area contributed by atoms with Crippen LogP contribution in [0.4, 0.5) is 5.69 Å². The molecular formula is C12H9Cl2N3O3. The van der Waals surface area contributed by atoms with Gasteiger partial charge in [0, 0.05) is 18.1 Å². The number of carbonyl (C=O) groups excluding carboxylic acids is 1. The molecule has 0 aliphatic carbocycles. The Kier molecular flexibility index (Phi) is 3.96. The second kappa shape index (κ2) is 5.52. The summed E-state index contributed by atoms with van der Waals surface area (Å²) in [5, 5.41) is 16.0. The monoisotopic (exact) mass is 313 g/mol. The molecule has 1 aromatic carbocycles. The number of hydrogen-bond acceptors (Lipinski definition) is 3. The maximum Gasteiger partial charge on any atom is 0.354 e. The zero-order valence-electron chi connectivity index (χ0n) is 10.2. The second-order valence-electron chi connectivity index (χ2n) is 3.92. The Morgan fingerprint density at radius 1 is 1.30 bits per heavy atom. The van der Waals surface area contributed by atoms with Crippen molar-refractivity contribution in [2.45, 2.75) is 0 Å². The molecule has 0 saturated heterocycles. The highest BCUT2D eigenvalue weighted by Crippen LogP contribution is 2.25. The zero-order valence-corrected chi connectivity index (χ0v) is 11.7. The van der Waals surface area contributed by atoms with Crippen molar-refractivity contribution in [3.05, 3.63) is 45.7 Å². The van der Waals surface area contributed by atoms with Gasteiger partial charge in [0.2, 0.25) is 0 Å². The Balaban J connectivity index is 2.24. The molecule has 20 heavy (non-hydrogen) atoms. The predicted octanol–water partition coefficient (Wildman–Crippen LogP) is 2.68. The maximum atomic E-state index is 12.0. The second-order valence-corrected chi connectivity index (χ2v) is 4.77. The molecule has 8 heteroatoms. The van der Waals surface area contributed by atoms with Gasteiger partial charge < -0.3 is 10.4 Å². The fourth-order valence-corrected chi connectivity index (χ4v) is 2.01. The summed E-state index contributed by atoms with van der Waals surface area (Å²) in [4.78, 5) is 22.8. The lowest BCUT2D eigenvalue weighted by Crippen LogP contribution is -2.13. The van der Waals surface area contributed by atoms with E-state index in [1.165, 1.54) is 19.2 Å². The number of aryl methyl sites for hydroxylation is 1. The summed E-state index contributed by atoms with van der Waals surface area (Å²) in [5.41, 5.74) is 0.261. The summed E-state index contributed by atoms with van der Waals surface area (Å²) in [6, 6.07) is 5.79. The summed E-state index contributed by atoms with van der Waals surface area (Å²) in [6.07, 6.45) is 0. The number of aromatic nitrogens is 2. The van der Waals surface area contributed by atoms with Crippen LogP contribution >= 0.6 is 23.2 Å². The van der Waals surface area contributed by atoms with Crippen LogP contribution < -0.4 is 5.32 Å². The Morgan fingerprint density at radius 2 is 2.00 bits per heavy atom. The molecule has 0 radical (unpaired) electrons. The van der Waals surface area contributed by atoms with E-state index < -0.39 is 11.9 Å². The van der Waals surface area contributed by atoms with E-state index in [-0.39, 0.29) is 16.4 Å². The number of carboxylic acids is 1. The van der Waals surface area contributed by atoms with Crippen molar-refractivity contribution in [1.82, 2.24) is 9.78 Å². The molecule has 2 rings (SSSR count). The summed E-state index contributed by atoms with van der Waals surface area (Å²) in [7, 11) is 1.44. The minimum absolute atomic E-state index is 0.0177. The van der Waals surface area contributed by atoms with Gasteiger partial charge in [-0.05, 0) is 18.2 Å². The van der Waals surface area contributed by atoms with Gasteiger partial charge in [0.15, 0.2) is 5.69 Å². The summed E-state index contributed by atoms with van der Waals surface area (Å²) >= 11 is 11.7. The average molecular weight is 314 g/mol. The molecule has 0 aliphatic heterocycles. The zero-order chi connectivity index (χ0) is 14.9. The molecule has 2 N–H and O–H groups in total. The summed E-state index contributed by atoms with van der Waals surface area (Å²) in [5.74, 6) is -1.72. The lowest BCUT2D eigenvalue weighted by molar-refractivity contribution is 0.0685. The van der Waals surface area contributed by atoms with Gasteiger partial charge >= 0.3 is 5.97 Å².